The van der Waals surface area contributed by atoms with Crippen molar-refractivity contribution in [2.75, 3.05) is 5.88 Å². The maximum absolute atomic E-state index is 11.2. The lowest BCUT2D eigenvalue weighted by Crippen LogP contribution is -1.99. The van der Waals surface area contributed by atoms with E-state index in [2.05, 4.69) is 10.2 Å². The van der Waals surface area contributed by atoms with Crippen molar-refractivity contribution >= 4 is 35.1 Å². The molecule has 0 unspecified atom stereocenters. The summed E-state index contributed by atoms with van der Waals surface area (Å²) in [6.07, 6.45) is 1.86. The number of nitrogens with zero attached hydrogens (tertiary/aromatic N) is 2. The third-order valence-electron chi connectivity index (χ3n) is 1.47. The van der Waals surface area contributed by atoms with Gasteiger partial charge in [-0.15, -0.1) is 16.5 Å². The Labute approximate surface area is 83.6 Å². The summed E-state index contributed by atoms with van der Waals surface area (Å²) in [5, 5.41) is 9.11. The Morgan fingerprint density at radius 2 is 2.46 bits per heavy atom. The molecule has 1 aromatic heterocycles. The summed E-state index contributed by atoms with van der Waals surface area (Å²) in [6.45, 7) is 0. The number of amides is 1. The molecule has 0 N–H and O–H groups in total. The van der Waals surface area contributed by atoms with E-state index in [9.17, 15) is 4.79 Å². The molecule has 13 heavy (non-hydrogen) atoms. The van der Waals surface area contributed by atoms with Gasteiger partial charge in [-0.25, -0.2) is 0 Å². The van der Waals surface area contributed by atoms with E-state index in [4.69, 9.17) is 0 Å². The van der Waals surface area contributed by atoms with Crippen LogP contribution in [0.4, 0.5) is 0 Å². The number of hydrogen-bond donors (Lipinski definition) is 0. The van der Waals surface area contributed by atoms with E-state index in [0.717, 1.165) is 4.88 Å². The van der Waals surface area contributed by atoms with E-state index >= 15 is 0 Å². The monoisotopic (exact) mass is 210 g/mol. The van der Waals surface area contributed by atoms with Crippen molar-refractivity contribution in [2.24, 2.45) is 10.2 Å². The topological polar surface area (TPSA) is 41.8 Å². The number of thioether (sulfide) groups is 1. The Hall–Kier alpha value is -0.940. The van der Waals surface area contributed by atoms with E-state index in [-0.39, 0.29) is 5.91 Å². The molecule has 0 saturated carbocycles. The zero-order chi connectivity index (χ0) is 9.10. The molecule has 0 aliphatic carbocycles. The minimum absolute atomic E-state index is 0.232. The highest BCUT2D eigenvalue weighted by molar-refractivity contribution is 8.04. The van der Waals surface area contributed by atoms with Gasteiger partial charge in [0, 0.05) is 4.88 Å². The summed E-state index contributed by atoms with van der Waals surface area (Å²) in [5.41, 5.74) is 0. The van der Waals surface area contributed by atoms with E-state index < -0.39 is 0 Å². The van der Waals surface area contributed by atoms with Crippen LogP contribution < -0.4 is 0 Å². The Morgan fingerprint density at radius 1 is 1.54 bits per heavy atom. The summed E-state index contributed by atoms with van der Waals surface area (Å²) in [4.78, 5) is 12.9. The number of thiophene rings is 1. The largest absolute Gasteiger partial charge is 0.301 e. The second-order valence-corrected chi connectivity index (χ2v) is 4.31. The molecule has 3 nitrogen and oxygen atoms in total. The summed E-state index contributed by atoms with van der Waals surface area (Å²) < 4.78 is 0. The quantitative estimate of drug-likeness (QED) is 0.669. The Kier molecular flexibility index (Phi) is 2.56. The first-order valence-electron chi connectivity index (χ1n) is 3.66. The molecular weight excluding hydrogens is 204 g/mol. The van der Waals surface area contributed by atoms with Crippen molar-refractivity contribution in [1.29, 1.82) is 0 Å². The maximum atomic E-state index is 11.2. The van der Waals surface area contributed by atoms with Gasteiger partial charge in [0.2, 0.25) is 0 Å². The summed E-state index contributed by atoms with van der Waals surface area (Å²) in [6, 6.07) is 3.92. The number of rotatable bonds is 1. The zero-order valence-corrected chi connectivity index (χ0v) is 8.27. The molecule has 66 valence electrons. The van der Waals surface area contributed by atoms with Crippen molar-refractivity contribution in [3.05, 3.63) is 27.3 Å². The zero-order valence-electron chi connectivity index (χ0n) is 6.64. The molecule has 0 radical (unpaired) electrons. The maximum Gasteiger partial charge on any atom is 0.301 e. The first-order valence-corrected chi connectivity index (χ1v) is 5.52. The average Bonchev–Trinajstić information content (AvgIpc) is 2.61. The lowest BCUT2D eigenvalue weighted by atomic mass is 10.4. The molecule has 0 fully saturated rings. The smallest absolute Gasteiger partial charge is 0.264 e. The van der Waals surface area contributed by atoms with Gasteiger partial charge in [-0.2, -0.15) is 5.11 Å². The highest BCUT2D eigenvalue weighted by Gasteiger charge is 2.13. The van der Waals surface area contributed by atoms with Crippen LogP contribution in [0.1, 0.15) is 4.88 Å². The molecule has 1 aliphatic heterocycles. The molecule has 5 heteroatoms. The van der Waals surface area contributed by atoms with E-state index in [1.165, 1.54) is 11.8 Å². The van der Waals surface area contributed by atoms with Crippen molar-refractivity contribution in [1.82, 2.24) is 0 Å². The van der Waals surface area contributed by atoms with Crippen LogP contribution in [-0.2, 0) is 4.79 Å². The first kappa shape index (κ1) is 8.65. The van der Waals surface area contributed by atoms with Crippen LogP contribution in [-0.4, -0.2) is 11.8 Å². The molecular formula is C8H6N2OS2. The minimum atomic E-state index is -0.232. The second kappa shape index (κ2) is 3.85. The molecule has 0 aromatic carbocycles. The molecule has 2 rings (SSSR count). The molecule has 0 saturated heterocycles. The highest BCUT2D eigenvalue weighted by Crippen LogP contribution is 2.25. The number of carbonyl (C=O) groups is 1. The van der Waals surface area contributed by atoms with Crippen LogP contribution >= 0.6 is 23.1 Å². The third kappa shape index (κ3) is 2.05. The van der Waals surface area contributed by atoms with Crippen molar-refractivity contribution in [2.45, 2.75) is 0 Å². The predicted octanol–water partition coefficient (Wildman–Crippen LogP) is 2.77. The minimum Gasteiger partial charge on any atom is -0.264 e. The Bertz CT molecular complexity index is 368. The van der Waals surface area contributed by atoms with Gasteiger partial charge in [0.25, 0.3) is 0 Å². The fraction of sp³-hybridized carbons (Fsp3) is 0.125. The van der Waals surface area contributed by atoms with Crippen molar-refractivity contribution < 1.29 is 4.79 Å². The number of hydrogen-bond acceptors (Lipinski definition) is 4. The van der Waals surface area contributed by atoms with E-state index in [1.54, 1.807) is 11.3 Å². The Morgan fingerprint density at radius 3 is 3.15 bits per heavy atom. The fourth-order valence-electron chi connectivity index (χ4n) is 0.909. The van der Waals surface area contributed by atoms with Crippen LogP contribution in [0, 0.1) is 0 Å². The van der Waals surface area contributed by atoms with Gasteiger partial charge in [-0.1, -0.05) is 17.8 Å². The van der Waals surface area contributed by atoms with Gasteiger partial charge < -0.3 is 0 Å². The molecule has 2 heterocycles. The summed E-state index contributed by atoms with van der Waals surface area (Å²) in [7, 11) is 0. The number of azo groups is 1. The molecule has 1 aromatic rings. The molecule has 1 amide bonds. The molecule has 1 aliphatic rings. The van der Waals surface area contributed by atoms with Gasteiger partial charge in [-0.3, -0.25) is 4.79 Å². The molecule has 0 atom stereocenters. The standard InChI is InChI=1S/C8H6N2OS2/c11-8-7(13-5-9-10-8)4-6-2-1-3-12-6/h1-4H,5H2. The first-order chi connectivity index (χ1) is 6.36. The van der Waals surface area contributed by atoms with E-state index in [0.29, 0.717) is 10.8 Å². The lowest BCUT2D eigenvalue weighted by molar-refractivity contribution is -0.114. The van der Waals surface area contributed by atoms with Crippen LogP contribution in [0.2, 0.25) is 0 Å². The van der Waals surface area contributed by atoms with Gasteiger partial charge in [-0.05, 0) is 17.5 Å². The normalized spacial score (nSPS) is 19.7. The summed E-state index contributed by atoms with van der Waals surface area (Å²) in [5.74, 6) is 0.313. The van der Waals surface area contributed by atoms with Gasteiger partial charge >= 0.3 is 5.91 Å². The summed E-state index contributed by atoms with van der Waals surface area (Å²) >= 11 is 3.03. The van der Waals surface area contributed by atoms with Crippen LogP contribution in [0.15, 0.2) is 32.6 Å². The SMILES string of the molecule is O=C1N=NCSC1=Cc1cccs1. The highest BCUT2D eigenvalue weighted by atomic mass is 32.2. The van der Waals surface area contributed by atoms with Crippen molar-refractivity contribution in [3.63, 3.8) is 0 Å². The lowest BCUT2D eigenvalue weighted by Gasteiger charge is -2.03. The second-order valence-electron chi connectivity index (χ2n) is 2.34. The van der Waals surface area contributed by atoms with Crippen LogP contribution in [0.3, 0.4) is 0 Å². The third-order valence-corrected chi connectivity index (χ3v) is 3.13. The van der Waals surface area contributed by atoms with Gasteiger partial charge in [0.05, 0.1) is 4.91 Å². The molecule has 0 spiro atoms. The number of carbonyl (C=O) groups excluding carboxylic acids is 1. The average molecular weight is 210 g/mol. The van der Waals surface area contributed by atoms with Crippen LogP contribution in [0.5, 0.6) is 0 Å². The fourth-order valence-corrected chi connectivity index (χ4v) is 2.27. The van der Waals surface area contributed by atoms with Crippen LogP contribution in [0.25, 0.3) is 6.08 Å². The van der Waals surface area contributed by atoms with E-state index in [1.807, 2.05) is 23.6 Å². The molecule has 0 bridgehead atoms. The van der Waals surface area contributed by atoms with Crippen molar-refractivity contribution in [3.8, 4) is 0 Å². The van der Waals surface area contributed by atoms with Gasteiger partial charge in [0.15, 0.2) is 0 Å². The Balaban J connectivity index is 2.25. The van der Waals surface area contributed by atoms with Gasteiger partial charge in [0.1, 0.15) is 5.88 Å². The predicted molar refractivity (Wildman–Crippen MR) is 54.6 cm³/mol.